The highest BCUT2D eigenvalue weighted by Crippen LogP contribution is 2.16. The molecule has 2 aromatic carbocycles. The Kier molecular flexibility index (Phi) is 6.01. The zero-order chi connectivity index (χ0) is 19.9. The van der Waals surface area contributed by atoms with Gasteiger partial charge in [-0.3, -0.25) is 9.59 Å². The molecule has 28 heavy (non-hydrogen) atoms. The molecule has 2 amide bonds. The second-order valence-corrected chi connectivity index (χ2v) is 6.19. The number of benzene rings is 2. The number of rotatable bonds is 7. The third-order valence-corrected chi connectivity index (χ3v) is 4.17. The molecule has 0 fully saturated rings. The third-order valence-electron chi connectivity index (χ3n) is 4.17. The number of aromatic nitrogens is 3. The van der Waals surface area contributed by atoms with Crippen LogP contribution in [0, 0.1) is 0 Å². The molecule has 0 radical (unpaired) electrons. The van der Waals surface area contributed by atoms with Gasteiger partial charge in [-0.2, -0.15) is 5.10 Å². The smallest absolute Gasteiger partial charge is 0.249 e. The van der Waals surface area contributed by atoms with Gasteiger partial charge in [0.1, 0.15) is 24.4 Å². The minimum Gasteiger partial charge on any atom is -0.497 e. The Morgan fingerprint density at radius 1 is 1.04 bits per heavy atom. The maximum atomic E-state index is 12.2. The van der Waals surface area contributed by atoms with Crippen LogP contribution in [-0.4, -0.2) is 33.7 Å². The van der Waals surface area contributed by atoms with Gasteiger partial charge < -0.3 is 15.4 Å². The Morgan fingerprint density at radius 3 is 2.25 bits per heavy atom. The van der Waals surface area contributed by atoms with Gasteiger partial charge in [0.25, 0.3) is 0 Å². The quantitative estimate of drug-likeness (QED) is 0.658. The first-order valence-electron chi connectivity index (χ1n) is 8.73. The van der Waals surface area contributed by atoms with Crippen LogP contribution < -0.4 is 15.4 Å². The second-order valence-electron chi connectivity index (χ2n) is 6.19. The molecule has 1 aromatic heterocycles. The lowest BCUT2D eigenvalue weighted by Gasteiger charge is -2.12. The van der Waals surface area contributed by atoms with Crippen LogP contribution in [0.25, 0.3) is 0 Å². The van der Waals surface area contributed by atoms with E-state index < -0.39 is 6.04 Å². The van der Waals surface area contributed by atoms with Crippen molar-refractivity contribution in [2.45, 2.75) is 19.4 Å². The lowest BCUT2D eigenvalue weighted by Crippen LogP contribution is -2.24. The molecule has 2 N–H and O–H groups in total. The first-order valence-corrected chi connectivity index (χ1v) is 8.73. The van der Waals surface area contributed by atoms with Crippen molar-refractivity contribution in [3.63, 3.8) is 0 Å². The molecule has 0 aliphatic heterocycles. The van der Waals surface area contributed by atoms with Gasteiger partial charge in [0.05, 0.1) is 13.5 Å². The predicted octanol–water partition coefficient (Wildman–Crippen LogP) is 2.67. The van der Waals surface area contributed by atoms with Crippen LogP contribution >= 0.6 is 0 Å². The Labute approximate surface area is 162 Å². The van der Waals surface area contributed by atoms with Gasteiger partial charge in [-0.25, -0.2) is 9.67 Å². The number of hydrogen-bond donors (Lipinski definition) is 2. The average Bonchev–Trinajstić information content (AvgIpc) is 3.24. The van der Waals surface area contributed by atoms with Gasteiger partial charge in [0, 0.05) is 11.4 Å². The Bertz CT molecular complexity index is 921. The molecule has 1 heterocycles. The zero-order valence-electron chi connectivity index (χ0n) is 15.6. The van der Waals surface area contributed by atoms with Gasteiger partial charge in [-0.15, -0.1) is 0 Å². The highest BCUT2D eigenvalue weighted by Gasteiger charge is 2.15. The first-order chi connectivity index (χ1) is 13.5. The van der Waals surface area contributed by atoms with Crippen LogP contribution in [-0.2, 0) is 16.0 Å². The summed E-state index contributed by atoms with van der Waals surface area (Å²) in [4.78, 5) is 28.3. The van der Waals surface area contributed by atoms with Crippen molar-refractivity contribution in [1.82, 2.24) is 14.8 Å². The van der Waals surface area contributed by atoms with E-state index in [9.17, 15) is 9.59 Å². The summed E-state index contributed by atoms with van der Waals surface area (Å²) in [7, 11) is 1.60. The van der Waals surface area contributed by atoms with Crippen molar-refractivity contribution < 1.29 is 14.3 Å². The number of amides is 2. The fourth-order valence-corrected chi connectivity index (χ4v) is 2.56. The fraction of sp³-hybridized carbons (Fsp3) is 0.200. The fourth-order valence-electron chi connectivity index (χ4n) is 2.56. The Balaban J connectivity index is 1.53. The van der Waals surface area contributed by atoms with Crippen molar-refractivity contribution in [3.8, 4) is 5.75 Å². The first kappa shape index (κ1) is 19.1. The standard InChI is InChI=1S/C20H21N5O3/c1-14(25-13-21-12-22-25)20(27)24-17-7-5-16(6-8-17)23-19(26)11-15-3-9-18(28-2)10-4-15/h3-10,12-14H,11H2,1-2H3,(H,23,26)(H,24,27). The van der Waals surface area contributed by atoms with Crippen molar-refractivity contribution in [1.29, 1.82) is 0 Å². The van der Waals surface area contributed by atoms with E-state index in [0.29, 0.717) is 11.4 Å². The van der Waals surface area contributed by atoms with Crippen LogP contribution in [0.15, 0.2) is 61.2 Å². The van der Waals surface area contributed by atoms with E-state index in [1.54, 1.807) is 38.3 Å². The van der Waals surface area contributed by atoms with Crippen molar-refractivity contribution in [2.75, 3.05) is 17.7 Å². The SMILES string of the molecule is COc1ccc(CC(=O)Nc2ccc(NC(=O)C(C)n3cncn3)cc2)cc1. The predicted molar refractivity (Wildman–Crippen MR) is 105 cm³/mol. The highest BCUT2D eigenvalue weighted by molar-refractivity contribution is 5.95. The van der Waals surface area contributed by atoms with E-state index in [0.717, 1.165) is 11.3 Å². The summed E-state index contributed by atoms with van der Waals surface area (Å²) in [5.41, 5.74) is 2.18. The third kappa shape index (κ3) is 4.94. The molecule has 3 rings (SSSR count). The number of nitrogens with zero attached hydrogens (tertiary/aromatic N) is 3. The van der Waals surface area contributed by atoms with Crippen molar-refractivity contribution in [2.24, 2.45) is 0 Å². The van der Waals surface area contributed by atoms with E-state index in [2.05, 4.69) is 20.7 Å². The molecule has 8 nitrogen and oxygen atoms in total. The maximum Gasteiger partial charge on any atom is 0.249 e. The van der Waals surface area contributed by atoms with E-state index in [4.69, 9.17) is 4.74 Å². The summed E-state index contributed by atoms with van der Waals surface area (Å²) < 4.78 is 6.58. The van der Waals surface area contributed by atoms with Gasteiger partial charge in [-0.05, 0) is 48.9 Å². The number of carbonyl (C=O) groups is 2. The molecule has 8 heteroatoms. The Morgan fingerprint density at radius 2 is 1.68 bits per heavy atom. The summed E-state index contributed by atoms with van der Waals surface area (Å²) in [5, 5.41) is 9.61. The number of nitrogens with one attached hydrogen (secondary N) is 2. The molecule has 0 aliphatic carbocycles. The number of ether oxygens (including phenoxy) is 1. The van der Waals surface area contributed by atoms with Gasteiger partial charge in [-0.1, -0.05) is 12.1 Å². The van der Waals surface area contributed by atoms with Crippen LogP contribution in [0.1, 0.15) is 18.5 Å². The number of methoxy groups -OCH3 is 1. The van der Waals surface area contributed by atoms with Gasteiger partial charge in [0.15, 0.2) is 0 Å². The molecule has 0 saturated heterocycles. The molecular weight excluding hydrogens is 358 g/mol. The molecule has 144 valence electrons. The number of anilines is 2. The minimum atomic E-state index is -0.480. The number of carbonyl (C=O) groups excluding carboxylic acids is 2. The van der Waals surface area contributed by atoms with Crippen LogP contribution in [0.5, 0.6) is 5.75 Å². The maximum absolute atomic E-state index is 12.2. The largest absolute Gasteiger partial charge is 0.497 e. The summed E-state index contributed by atoms with van der Waals surface area (Å²) in [6.07, 6.45) is 3.14. The average molecular weight is 379 g/mol. The lowest BCUT2D eigenvalue weighted by atomic mass is 10.1. The highest BCUT2D eigenvalue weighted by atomic mass is 16.5. The van der Waals surface area contributed by atoms with E-state index in [1.165, 1.54) is 17.3 Å². The van der Waals surface area contributed by atoms with Crippen LogP contribution in [0.4, 0.5) is 11.4 Å². The summed E-state index contributed by atoms with van der Waals surface area (Å²) in [6.45, 7) is 1.73. The summed E-state index contributed by atoms with van der Waals surface area (Å²) >= 11 is 0. The Hall–Kier alpha value is -3.68. The topological polar surface area (TPSA) is 98.1 Å². The molecule has 3 aromatic rings. The monoisotopic (exact) mass is 379 g/mol. The molecular formula is C20H21N5O3. The summed E-state index contributed by atoms with van der Waals surface area (Å²) in [6, 6.07) is 13.8. The molecule has 0 saturated carbocycles. The molecule has 1 unspecified atom stereocenters. The van der Waals surface area contributed by atoms with Crippen LogP contribution in [0.2, 0.25) is 0 Å². The molecule has 0 aliphatic rings. The van der Waals surface area contributed by atoms with Crippen molar-refractivity contribution in [3.05, 3.63) is 66.7 Å². The number of hydrogen-bond acceptors (Lipinski definition) is 5. The van der Waals surface area contributed by atoms with E-state index >= 15 is 0 Å². The molecule has 0 spiro atoms. The van der Waals surface area contributed by atoms with Gasteiger partial charge in [0.2, 0.25) is 11.8 Å². The van der Waals surface area contributed by atoms with Crippen LogP contribution in [0.3, 0.4) is 0 Å². The molecule has 1 atom stereocenters. The zero-order valence-corrected chi connectivity index (χ0v) is 15.6. The minimum absolute atomic E-state index is 0.123. The summed E-state index contributed by atoms with van der Waals surface area (Å²) in [5.74, 6) is 0.420. The van der Waals surface area contributed by atoms with Gasteiger partial charge >= 0.3 is 0 Å². The van der Waals surface area contributed by atoms with E-state index in [-0.39, 0.29) is 18.2 Å². The normalized spacial score (nSPS) is 11.5. The lowest BCUT2D eigenvalue weighted by molar-refractivity contribution is -0.119. The van der Waals surface area contributed by atoms with E-state index in [1.807, 2.05) is 24.3 Å². The molecule has 0 bridgehead atoms. The second kappa shape index (κ2) is 8.81. The van der Waals surface area contributed by atoms with Crippen molar-refractivity contribution >= 4 is 23.2 Å².